The number of hydrogen-bond acceptors (Lipinski definition) is 0. The monoisotopic (exact) mass is 162 g/mol. The molecule has 0 amide bonds. The Hall–Kier alpha value is 0.440. The summed E-state index contributed by atoms with van der Waals surface area (Å²) in [6, 6.07) is 0. The van der Waals surface area contributed by atoms with Crippen molar-refractivity contribution < 1.29 is 8.78 Å². The first-order valence-electron chi connectivity index (χ1n) is 2.06. The first kappa shape index (κ1) is 8.44. The Bertz CT molecular complexity index is 68.9. The first-order valence-corrected chi connectivity index (χ1v) is 3.03. The molecule has 0 aromatic heterocycles. The molecule has 0 N–H and O–H groups in total. The van der Waals surface area contributed by atoms with Gasteiger partial charge in [-0.25, -0.2) is 8.78 Å². The second kappa shape index (κ2) is 2.83. The van der Waals surface area contributed by atoms with Gasteiger partial charge < -0.3 is 0 Å². The average Bonchev–Trinajstić information content (AvgIpc) is 1.62. The van der Waals surface area contributed by atoms with E-state index in [4.69, 9.17) is 23.2 Å². The normalized spacial score (nSPS) is 16.1. The van der Waals surface area contributed by atoms with Crippen molar-refractivity contribution >= 4 is 23.2 Å². The lowest BCUT2D eigenvalue weighted by atomic mass is 10.3. The molecule has 0 radical (unpaired) electrons. The van der Waals surface area contributed by atoms with Gasteiger partial charge in [0.05, 0.1) is 0 Å². The van der Waals surface area contributed by atoms with Gasteiger partial charge in [-0.15, -0.1) is 23.2 Å². The summed E-state index contributed by atoms with van der Waals surface area (Å²) in [6.07, 6.45) is 0. The molecular formula is C4H6Cl2F2. The lowest BCUT2D eigenvalue weighted by Crippen LogP contribution is -2.25. The van der Waals surface area contributed by atoms with Crippen molar-refractivity contribution in [2.75, 3.05) is 5.88 Å². The van der Waals surface area contributed by atoms with E-state index in [0.29, 0.717) is 0 Å². The topological polar surface area (TPSA) is 0 Å². The van der Waals surface area contributed by atoms with Crippen LogP contribution >= 0.6 is 23.2 Å². The second-order valence-electron chi connectivity index (χ2n) is 1.58. The van der Waals surface area contributed by atoms with Gasteiger partial charge in [-0.2, -0.15) is 0 Å². The lowest BCUT2D eigenvalue weighted by molar-refractivity contribution is 0.0230. The van der Waals surface area contributed by atoms with Crippen LogP contribution in [0.3, 0.4) is 0 Å². The van der Waals surface area contributed by atoms with Crippen LogP contribution in [0.4, 0.5) is 8.78 Å². The van der Waals surface area contributed by atoms with Crippen molar-refractivity contribution in [3.63, 3.8) is 0 Å². The third-order valence-corrected chi connectivity index (χ3v) is 1.69. The summed E-state index contributed by atoms with van der Waals surface area (Å²) in [5.41, 5.74) is 0. The molecular weight excluding hydrogens is 157 g/mol. The molecule has 50 valence electrons. The summed E-state index contributed by atoms with van der Waals surface area (Å²) >= 11 is 10.1. The minimum atomic E-state index is -2.86. The van der Waals surface area contributed by atoms with Gasteiger partial charge in [0.2, 0.25) is 0 Å². The first-order chi connectivity index (χ1) is 3.48. The molecule has 8 heavy (non-hydrogen) atoms. The Balaban J connectivity index is 3.62. The van der Waals surface area contributed by atoms with Crippen molar-refractivity contribution in [1.29, 1.82) is 0 Å². The Morgan fingerprint density at radius 1 is 1.62 bits per heavy atom. The highest BCUT2D eigenvalue weighted by molar-refractivity contribution is 6.28. The van der Waals surface area contributed by atoms with Crippen LogP contribution in [-0.4, -0.2) is 17.2 Å². The van der Waals surface area contributed by atoms with Crippen LogP contribution in [0, 0.1) is 0 Å². The van der Waals surface area contributed by atoms with Crippen LogP contribution in [0.25, 0.3) is 0 Å². The van der Waals surface area contributed by atoms with E-state index in [-0.39, 0.29) is 5.88 Å². The van der Waals surface area contributed by atoms with Crippen molar-refractivity contribution in [3.8, 4) is 0 Å². The number of hydrogen-bond donors (Lipinski definition) is 0. The molecule has 1 unspecified atom stereocenters. The van der Waals surface area contributed by atoms with Crippen LogP contribution in [0.1, 0.15) is 6.92 Å². The Morgan fingerprint density at radius 2 is 2.00 bits per heavy atom. The molecule has 0 rings (SSSR count). The quantitative estimate of drug-likeness (QED) is 0.548. The number of alkyl halides is 4. The molecule has 1 atom stereocenters. The minimum absolute atomic E-state index is 0.217. The SMILES string of the molecule is CC(F)(F)C(Cl)CCl. The standard InChI is InChI=1S/C4H6Cl2F2/c1-4(7,8)3(6)2-5/h3H,2H2,1H3. The Kier molecular flexibility index (Phi) is 2.99. The third-order valence-electron chi connectivity index (χ3n) is 0.685. The van der Waals surface area contributed by atoms with E-state index in [9.17, 15) is 8.78 Å². The molecule has 0 nitrogen and oxygen atoms in total. The van der Waals surface area contributed by atoms with E-state index in [2.05, 4.69) is 0 Å². The van der Waals surface area contributed by atoms with Gasteiger partial charge in [0.15, 0.2) is 0 Å². The molecule has 0 aliphatic carbocycles. The Morgan fingerprint density at radius 3 is 2.00 bits per heavy atom. The average molecular weight is 163 g/mol. The molecule has 0 aromatic rings. The molecule has 0 spiro atoms. The van der Waals surface area contributed by atoms with Gasteiger partial charge in [0, 0.05) is 12.8 Å². The van der Waals surface area contributed by atoms with Gasteiger partial charge in [0.1, 0.15) is 5.38 Å². The smallest absolute Gasteiger partial charge is 0.205 e. The van der Waals surface area contributed by atoms with Crippen LogP contribution in [0.2, 0.25) is 0 Å². The molecule has 0 saturated heterocycles. The summed E-state index contributed by atoms with van der Waals surface area (Å²) in [4.78, 5) is 0. The van der Waals surface area contributed by atoms with Gasteiger partial charge in [-0.1, -0.05) is 0 Å². The number of rotatable bonds is 2. The maximum absolute atomic E-state index is 11.9. The molecule has 0 heterocycles. The zero-order valence-electron chi connectivity index (χ0n) is 4.30. The summed E-state index contributed by atoms with van der Waals surface area (Å²) in [7, 11) is 0. The van der Waals surface area contributed by atoms with E-state index in [1.807, 2.05) is 0 Å². The fourth-order valence-electron chi connectivity index (χ4n) is 0.135. The Labute approximate surface area is 56.8 Å². The zero-order chi connectivity index (χ0) is 6.78. The van der Waals surface area contributed by atoms with Crippen LogP contribution in [0.5, 0.6) is 0 Å². The molecule has 0 bridgehead atoms. The molecule has 0 aliphatic rings. The highest BCUT2D eigenvalue weighted by atomic mass is 35.5. The van der Waals surface area contributed by atoms with E-state index >= 15 is 0 Å². The molecule has 0 aliphatic heterocycles. The van der Waals surface area contributed by atoms with E-state index in [0.717, 1.165) is 6.92 Å². The molecule has 0 saturated carbocycles. The van der Waals surface area contributed by atoms with Crippen LogP contribution < -0.4 is 0 Å². The van der Waals surface area contributed by atoms with E-state index in [1.165, 1.54) is 0 Å². The van der Waals surface area contributed by atoms with Crippen LogP contribution in [-0.2, 0) is 0 Å². The second-order valence-corrected chi connectivity index (χ2v) is 2.41. The maximum Gasteiger partial charge on any atom is 0.262 e. The van der Waals surface area contributed by atoms with Crippen molar-refractivity contribution in [2.45, 2.75) is 18.2 Å². The van der Waals surface area contributed by atoms with Crippen molar-refractivity contribution in [3.05, 3.63) is 0 Å². The fraction of sp³-hybridized carbons (Fsp3) is 1.00. The summed E-state index contributed by atoms with van der Waals surface area (Å²) in [5, 5.41) is -1.25. The van der Waals surface area contributed by atoms with E-state index < -0.39 is 11.3 Å². The highest BCUT2D eigenvalue weighted by Gasteiger charge is 2.31. The highest BCUT2D eigenvalue weighted by Crippen LogP contribution is 2.22. The number of halogens is 4. The summed E-state index contributed by atoms with van der Waals surface area (Å²) in [5.74, 6) is -3.08. The lowest BCUT2D eigenvalue weighted by Gasteiger charge is -2.12. The predicted octanol–water partition coefficient (Wildman–Crippen LogP) is 2.49. The zero-order valence-corrected chi connectivity index (χ0v) is 5.81. The van der Waals surface area contributed by atoms with Gasteiger partial charge in [0.25, 0.3) is 5.92 Å². The predicted molar refractivity (Wildman–Crippen MR) is 31.0 cm³/mol. The summed E-state index contributed by atoms with van der Waals surface area (Å²) in [6.45, 7) is 0.743. The van der Waals surface area contributed by atoms with Crippen molar-refractivity contribution in [1.82, 2.24) is 0 Å². The molecule has 0 fully saturated rings. The fourth-order valence-corrected chi connectivity index (χ4v) is 0.406. The maximum atomic E-state index is 11.9. The molecule has 4 heteroatoms. The summed E-state index contributed by atoms with van der Waals surface area (Å²) < 4.78 is 23.8. The van der Waals surface area contributed by atoms with Crippen molar-refractivity contribution in [2.24, 2.45) is 0 Å². The van der Waals surface area contributed by atoms with Crippen LogP contribution in [0.15, 0.2) is 0 Å². The van der Waals surface area contributed by atoms with Gasteiger partial charge in [-0.05, 0) is 0 Å². The van der Waals surface area contributed by atoms with Gasteiger partial charge in [-0.3, -0.25) is 0 Å². The molecule has 0 aromatic carbocycles. The van der Waals surface area contributed by atoms with Gasteiger partial charge >= 0.3 is 0 Å². The largest absolute Gasteiger partial charge is 0.262 e. The minimum Gasteiger partial charge on any atom is -0.205 e. The van der Waals surface area contributed by atoms with E-state index in [1.54, 1.807) is 0 Å². The third kappa shape index (κ3) is 2.68.